The first-order valence-corrected chi connectivity index (χ1v) is 7.92. The molecule has 0 radical (unpaired) electrons. The Labute approximate surface area is 129 Å². The topological polar surface area (TPSA) is 92.5 Å². The third-order valence-corrected chi connectivity index (χ3v) is 4.30. The first-order valence-electron chi connectivity index (χ1n) is 5.97. The molecule has 1 rings (SSSR count). The lowest BCUT2D eigenvalue weighted by Gasteiger charge is -2.07. The van der Waals surface area contributed by atoms with Gasteiger partial charge >= 0.3 is 0 Å². The summed E-state index contributed by atoms with van der Waals surface area (Å²) in [5.74, 6) is 1.23. The van der Waals surface area contributed by atoms with E-state index < -0.39 is 4.92 Å². The third-order valence-electron chi connectivity index (χ3n) is 2.40. The van der Waals surface area contributed by atoms with Crippen LogP contribution in [-0.2, 0) is 0 Å². The van der Waals surface area contributed by atoms with Crippen molar-refractivity contribution in [1.29, 1.82) is 0 Å². The van der Waals surface area contributed by atoms with Crippen molar-refractivity contribution >= 4 is 39.3 Å². The van der Waals surface area contributed by atoms with E-state index in [0.29, 0.717) is 6.54 Å². The van der Waals surface area contributed by atoms with Crippen LogP contribution in [0.25, 0.3) is 0 Å². The largest absolute Gasteiger partial charge is 0.396 e. The van der Waals surface area contributed by atoms with Gasteiger partial charge in [0.25, 0.3) is 11.6 Å². The molecule has 0 bridgehead atoms. The molecular weight excluding hydrogens is 348 g/mol. The molecule has 0 aliphatic heterocycles. The van der Waals surface area contributed by atoms with Gasteiger partial charge < -0.3 is 10.4 Å². The van der Waals surface area contributed by atoms with Gasteiger partial charge in [-0.3, -0.25) is 14.9 Å². The van der Waals surface area contributed by atoms with Crippen LogP contribution in [0.4, 0.5) is 5.69 Å². The molecule has 0 aliphatic rings. The molecule has 20 heavy (non-hydrogen) atoms. The number of carbonyl (C=O) groups excluding carboxylic acids is 1. The number of carbonyl (C=O) groups is 1. The molecule has 6 nitrogen and oxygen atoms in total. The summed E-state index contributed by atoms with van der Waals surface area (Å²) >= 11 is 4.72. The SMILES string of the molecule is O=C(NCCSCCCO)c1cccc([N+](=O)[O-])c1Br. The molecule has 1 aromatic carbocycles. The quantitative estimate of drug-likeness (QED) is 0.420. The number of thioether (sulfide) groups is 1. The van der Waals surface area contributed by atoms with Crippen molar-refractivity contribution in [2.75, 3.05) is 24.7 Å². The molecule has 1 aromatic rings. The number of nitrogens with one attached hydrogen (secondary N) is 1. The van der Waals surface area contributed by atoms with Crippen LogP contribution in [0.2, 0.25) is 0 Å². The highest BCUT2D eigenvalue weighted by atomic mass is 79.9. The smallest absolute Gasteiger partial charge is 0.284 e. The van der Waals surface area contributed by atoms with Crippen molar-refractivity contribution in [2.45, 2.75) is 6.42 Å². The molecule has 0 unspecified atom stereocenters. The fourth-order valence-electron chi connectivity index (χ4n) is 1.44. The number of benzene rings is 1. The molecule has 0 heterocycles. The Balaban J connectivity index is 2.52. The van der Waals surface area contributed by atoms with Gasteiger partial charge in [0, 0.05) is 25.0 Å². The molecule has 0 saturated heterocycles. The predicted molar refractivity (Wildman–Crippen MR) is 82.2 cm³/mol. The first-order chi connectivity index (χ1) is 9.57. The number of aliphatic hydroxyl groups is 1. The lowest BCUT2D eigenvalue weighted by molar-refractivity contribution is -0.385. The van der Waals surface area contributed by atoms with Crippen molar-refractivity contribution in [2.24, 2.45) is 0 Å². The summed E-state index contributed by atoms with van der Waals surface area (Å²) in [4.78, 5) is 22.2. The molecule has 110 valence electrons. The standard InChI is InChI=1S/C12H15BrN2O4S/c13-11-9(3-1-4-10(11)15(18)19)12(17)14-5-8-20-7-2-6-16/h1,3-4,16H,2,5-8H2,(H,14,17). The number of rotatable bonds is 8. The van der Waals surface area contributed by atoms with Gasteiger partial charge in [0.15, 0.2) is 0 Å². The number of nitrogens with zero attached hydrogens (tertiary/aromatic N) is 1. The van der Waals surface area contributed by atoms with Crippen LogP contribution < -0.4 is 5.32 Å². The van der Waals surface area contributed by atoms with Crippen LogP contribution >= 0.6 is 27.7 Å². The maximum atomic E-state index is 11.9. The van der Waals surface area contributed by atoms with Crippen molar-refractivity contribution < 1.29 is 14.8 Å². The molecule has 0 fully saturated rings. The summed E-state index contributed by atoms with van der Waals surface area (Å²) in [6, 6.07) is 4.35. The van der Waals surface area contributed by atoms with Crippen molar-refractivity contribution in [3.63, 3.8) is 0 Å². The highest BCUT2D eigenvalue weighted by Crippen LogP contribution is 2.28. The number of aliphatic hydroxyl groups excluding tert-OH is 1. The second kappa shape index (κ2) is 8.93. The average Bonchev–Trinajstić information content (AvgIpc) is 2.42. The van der Waals surface area contributed by atoms with E-state index in [0.717, 1.165) is 17.9 Å². The minimum atomic E-state index is -0.536. The summed E-state index contributed by atoms with van der Waals surface area (Å²) in [6.07, 6.45) is 0.731. The summed E-state index contributed by atoms with van der Waals surface area (Å²) in [6.45, 7) is 0.643. The lowest BCUT2D eigenvalue weighted by Crippen LogP contribution is -2.26. The zero-order chi connectivity index (χ0) is 15.0. The maximum Gasteiger partial charge on any atom is 0.284 e. The monoisotopic (exact) mass is 362 g/mol. The zero-order valence-corrected chi connectivity index (χ0v) is 13.1. The highest BCUT2D eigenvalue weighted by molar-refractivity contribution is 9.10. The van der Waals surface area contributed by atoms with E-state index in [1.807, 2.05) is 0 Å². The fraction of sp³-hybridized carbons (Fsp3) is 0.417. The Hall–Kier alpha value is -1.12. The molecule has 2 N–H and O–H groups in total. The zero-order valence-electron chi connectivity index (χ0n) is 10.7. The van der Waals surface area contributed by atoms with E-state index in [1.165, 1.54) is 18.2 Å². The Kier molecular flexibility index (Phi) is 7.56. The van der Waals surface area contributed by atoms with Crippen LogP contribution in [-0.4, -0.2) is 40.6 Å². The van der Waals surface area contributed by atoms with E-state index in [-0.39, 0.29) is 28.2 Å². The van der Waals surface area contributed by atoms with Gasteiger partial charge in [0.2, 0.25) is 0 Å². The Morgan fingerprint density at radius 3 is 2.85 bits per heavy atom. The second-order valence-corrected chi connectivity index (χ2v) is 5.86. The molecule has 1 amide bonds. The van der Waals surface area contributed by atoms with Crippen LogP contribution in [0.3, 0.4) is 0 Å². The minimum Gasteiger partial charge on any atom is -0.396 e. The molecule has 8 heteroatoms. The van der Waals surface area contributed by atoms with Gasteiger partial charge in [-0.05, 0) is 34.2 Å². The number of amides is 1. The molecular formula is C12H15BrN2O4S. The summed E-state index contributed by atoms with van der Waals surface area (Å²) in [7, 11) is 0. The minimum absolute atomic E-state index is 0.130. The summed E-state index contributed by atoms with van der Waals surface area (Å²) in [5.41, 5.74) is 0.120. The van der Waals surface area contributed by atoms with E-state index in [9.17, 15) is 14.9 Å². The van der Waals surface area contributed by atoms with E-state index >= 15 is 0 Å². The Bertz CT molecular complexity index is 485. The number of hydrogen-bond donors (Lipinski definition) is 2. The number of halogens is 1. The predicted octanol–water partition coefficient (Wildman–Crippen LogP) is 2.20. The fourth-order valence-corrected chi connectivity index (χ4v) is 2.81. The van der Waals surface area contributed by atoms with Crippen LogP contribution in [0.5, 0.6) is 0 Å². The lowest BCUT2D eigenvalue weighted by atomic mass is 10.2. The van der Waals surface area contributed by atoms with Crippen LogP contribution in [0.1, 0.15) is 16.8 Å². The molecule has 0 aromatic heterocycles. The van der Waals surface area contributed by atoms with Crippen LogP contribution in [0.15, 0.2) is 22.7 Å². The summed E-state index contributed by atoms with van der Waals surface area (Å²) < 4.78 is 0.190. The highest BCUT2D eigenvalue weighted by Gasteiger charge is 2.18. The van der Waals surface area contributed by atoms with Crippen molar-refractivity contribution in [3.8, 4) is 0 Å². The number of nitro benzene ring substituents is 1. The first kappa shape index (κ1) is 16.9. The van der Waals surface area contributed by atoms with Gasteiger partial charge in [0.05, 0.1) is 10.5 Å². The van der Waals surface area contributed by atoms with E-state index in [2.05, 4.69) is 21.2 Å². The normalized spacial score (nSPS) is 10.3. The van der Waals surface area contributed by atoms with E-state index in [4.69, 9.17) is 5.11 Å². The van der Waals surface area contributed by atoms with Gasteiger partial charge in [-0.2, -0.15) is 11.8 Å². The number of hydrogen-bond acceptors (Lipinski definition) is 5. The number of nitro groups is 1. The Morgan fingerprint density at radius 1 is 1.45 bits per heavy atom. The van der Waals surface area contributed by atoms with E-state index in [1.54, 1.807) is 11.8 Å². The van der Waals surface area contributed by atoms with Gasteiger partial charge in [0.1, 0.15) is 4.47 Å². The van der Waals surface area contributed by atoms with Gasteiger partial charge in [-0.1, -0.05) is 6.07 Å². The van der Waals surface area contributed by atoms with Gasteiger partial charge in [-0.25, -0.2) is 0 Å². The van der Waals surface area contributed by atoms with Crippen LogP contribution in [0, 0.1) is 10.1 Å². The average molecular weight is 363 g/mol. The van der Waals surface area contributed by atoms with Gasteiger partial charge in [-0.15, -0.1) is 0 Å². The Morgan fingerprint density at radius 2 is 2.20 bits per heavy atom. The molecule has 0 saturated carbocycles. The molecule has 0 spiro atoms. The summed E-state index contributed by atoms with van der Waals surface area (Å²) in [5, 5.41) is 22.1. The second-order valence-electron chi connectivity index (χ2n) is 3.84. The van der Waals surface area contributed by atoms with Crippen molar-refractivity contribution in [1.82, 2.24) is 5.32 Å². The maximum absolute atomic E-state index is 11.9. The van der Waals surface area contributed by atoms with Crippen molar-refractivity contribution in [3.05, 3.63) is 38.3 Å². The molecule has 0 atom stereocenters. The molecule has 0 aliphatic carbocycles. The third kappa shape index (κ3) is 5.10.